The van der Waals surface area contributed by atoms with Crippen LogP contribution in [0.25, 0.3) is 5.76 Å². The number of benzene rings is 2. The van der Waals surface area contributed by atoms with Gasteiger partial charge in [-0.15, -0.1) is 0 Å². The molecule has 0 bridgehead atoms. The van der Waals surface area contributed by atoms with E-state index in [-0.39, 0.29) is 16.9 Å². The molecular formula is C23H25ClFN2O3+. The molecule has 0 saturated carbocycles. The molecule has 1 fully saturated rings. The zero-order valence-electron chi connectivity index (χ0n) is 17.0. The largest absolute Gasteiger partial charge is 0.507 e. The quantitative estimate of drug-likeness (QED) is 0.402. The molecule has 0 aromatic heterocycles. The summed E-state index contributed by atoms with van der Waals surface area (Å²) in [6, 6.07) is 11.3. The topological polar surface area (TPSA) is 62.0 Å². The molecule has 30 heavy (non-hydrogen) atoms. The van der Waals surface area contributed by atoms with Gasteiger partial charge in [-0.25, -0.2) is 4.39 Å². The Morgan fingerprint density at radius 1 is 1.13 bits per heavy atom. The number of carbonyl (C=O) groups is 2. The summed E-state index contributed by atoms with van der Waals surface area (Å²) in [5.41, 5.74) is 0.902. The van der Waals surface area contributed by atoms with Gasteiger partial charge in [0.1, 0.15) is 11.6 Å². The first kappa shape index (κ1) is 22.0. The lowest BCUT2D eigenvalue weighted by molar-refractivity contribution is -0.895. The molecule has 7 heteroatoms. The minimum absolute atomic E-state index is 0.0107. The Morgan fingerprint density at radius 3 is 2.40 bits per heavy atom. The van der Waals surface area contributed by atoms with Crippen molar-refractivity contribution in [2.75, 3.05) is 26.2 Å². The predicted molar refractivity (Wildman–Crippen MR) is 114 cm³/mol. The zero-order chi connectivity index (χ0) is 21.8. The number of Topliss-reactive ketones (excluding diaryl/α,β-unsaturated/α-hetero) is 1. The smallest absolute Gasteiger partial charge is 0.295 e. The van der Waals surface area contributed by atoms with Gasteiger partial charge in [0.15, 0.2) is 0 Å². The molecule has 1 atom stereocenters. The molecule has 0 radical (unpaired) electrons. The molecule has 2 N–H and O–H groups in total. The molecule has 2 aromatic carbocycles. The van der Waals surface area contributed by atoms with Crippen LogP contribution in [-0.2, 0) is 9.59 Å². The number of aliphatic hydroxyl groups excluding tert-OH is 1. The highest BCUT2D eigenvalue weighted by atomic mass is 35.5. The Bertz CT molecular complexity index is 971. The highest BCUT2D eigenvalue weighted by Gasteiger charge is 2.46. The maximum atomic E-state index is 13.3. The van der Waals surface area contributed by atoms with E-state index in [1.165, 1.54) is 34.1 Å². The van der Waals surface area contributed by atoms with Crippen molar-refractivity contribution >= 4 is 29.1 Å². The first-order chi connectivity index (χ1) is 14.4. The van der Waals surface area contributed by atoms with E-state index < -0.39 is 23.5 Å². The lowest BCUT2D eigenvalue weighted by atomic mass is 9.95. The van der Waals surface area contributed by atoms with Gasteiger partial charge in [0.25, 0.3) is 11.7 Å². The Kier molecular flexibility index (Phi) is 6.90. The van der Waals surface area contributed by atoms with Gasteiger partial charge in [-0.3, -0.25) is 9.59 Å². The fourth-order valence-electron chi connectivity index (χ4n) is 3.78. The number of likely N-dealkylation sites (tertiary alicyclic amines) is 1. The minimum atomic E-state index is -0.760. The Hall–Kier alpha value is -2.70. The number of amides is 1. The summed E-state index contributed by atoms with van der Waals surface area (Å²) in [6.45, 7) is 6.97. The first-order valence-electron chi connectivity index (χ1n) is 10.0. The van der Waals surface area contributed by atoms with Gasteiger partial charge in [-0.05, 0) is 55.8 Å². The second kappa shape index (κ2) is 9.41. The van der Waals surface area contributed by atoms with Crippen LogP contribution in [0.1, 0.15) is 31.0 Å². The molecule has 158 valence electrons. The maximum absolute atomic E-state index is 13.3. The van der Waals surface area contributed by atoms with Crippen molar-refractivity contribution in [2.24, 2.45) is 0 Å². The van der Waals surface area contributed by atoms with Crippen molar-refractivity contribution in [3.05, 3.63) is 76.1 Å². The number of nitrogens with one attached hydrogen (secondary N) is 1. The molecule has 1 heterocycles. The van der Waals surface area contributed by atoms with Crippen LogP contribution < -0.4 is 4.90 Å². The van der Waals surface area contributed by atoms with Gasteiger partial charge >= 0.3 is 0 Å². The van der Waals surface area contributed by atoms with Gasteiger partial charge in [-0.1, -0.05) is 23.7 Å². The van der Waals surface area contributed by atoms with Crippen molar-refractivity contribution < 1.29 is 24.0 Å². The molecular weight excluding hydrogens is 407 g/mol. The number of carbonyl (C=O) groups excluding carboxylic acids is 2. The number of halogens is 2. The van der Waals surface area contributed by atoms with Crippen LogP contribution in [0.3, 0.4) is 0 Å². The van der Waals surface area contributed by atoms with Crippen LogP contribution in [0.4, 0.5) is 4.39 Å². The van der Waals surface area contributed by atoms with Gasteiger partial charge in [-0.2, -0.15) is 0 Å². The Morgan fingerprint density at radius 2 is 1.80 bits per heavy atom. The van der Waals surface area contributed by atoms with Gasteiger partial charge in [0, 0.05) is 10.6 Å². The number of hydrogen-bond acceptors (Lipinski definition) is 3. The predicted octanol–water partition coefficient (Wildman–Crippen LogP) is 2.83. The normalized spacial score (nSPS) is 18.4. The lowest BCUT2D eigenvalue weighted by Crippen LogP contribution is -3.12. The molecule has 1 aliphatic rings. The Balaban J connectivity index is 2.09. The van der Waals surface area contributed by atoms with Crippen molar-refractivity contribution in [1.82, 2.24) is 4.90 Å². The third-order valence-corrected chi connectivity index (χ3v) is 5.76. The summed E-state index contributed by atoms with van der Waals surface area (Å²) < 4.78 is 13.3. The molecule has 1 aliphatic heterocycles. The van der Waals surface area contributed by atoms with Crippen LogP contribution in [0, 0.1) is 5.82 Å². The highest BCUT2D eigenvalue weighted by molar-refractivity contribution is 6.46. The van der Waals surface area contributed by atoms with E-state index in [1.807, 2.05) is 0 Å². The van der Waals surface area contributed by atoms with E-state index in [4.69, 9.17) is 11.6 Å². The van der Waals surface area contributed by atoms with Crippen molar-refractivity contribution in [2.45, 2.75) is 19.9 Å². The number of ketones is 1. The molecule has 5 nitrogen and oxygen atoms in total. The van der Waals surface area contributed by atoms with Crippen LogP contribution in [0.15, 0.2) is 54.1 Å². The molecule has 1 saturated heterocycles. The van der Waals surface area contributed by atoms with Gasteiger partial charge < -0.3 is 14.9 Å². The van der Waals surface area contributed by atoms with E-state index in [1.54, 1.807) is 24.3 Å². The second-order valence-corrected chi connectivity index (χ2v) is 7.70. The van der Waals surface area contributed by atoms with E-state index >= 15 is 0 Å². The number of nitrogens with zero attached hydrogens (tertiary/aromatic N) is 1. The van der Waals surface area contributed by atoms with Crippen LogP contribution in [0.2, 0.25) is 5.02 Å². The number of rotatable bonds is 7. The van der Waals surface area contributed by atoms with Crippen molar-refractivity contribution in [1.29, 1.82) is 0 Å². The molecule has 0 aliphatic carbocycles. The van der Waals surface area contributed by atoms with Crippen LogP contribution >= 0.6 is 11.6 Å². The van der Waals surface area contributed by atoms with E-state index in [2.05, 4.69) is 13.8 Å². The minimum Gasteiger partial charge on any atom is -0.507 e. The number of aliphatic hydroxyl groups is 1. The average molecular weight is 432 g/mol. The monoisotopic (exact) mass is 431 g/mol. The number of likely N-dealkylation sites (N-methyl/N-ethyl adjacent to an activating group) is 1. The summed E-state index contributed by atoms with van der Waals surface area (Å²) in [7, 11) is 0. The molecule has 0 unspecified atom stereocenters. The van der Waals surface area contributed by atoms with Gasteiger partial charge in [0.05, 0.1) is 37.8 Å². The second-order valence-electron chi connectivity index (χ2n) is 7.26. The highest BCUT2D eigenvalue weighted by Crippen LogP contribution is 2.39. The number of hydrogen-bond donors (Lipinski definition) is 2. The molecule has 1 amide bonds. The third-order valence-electron chi connectivity index (χ3n) is 5.53. The van der Waals surface area contributed by atoms with Crippen molar-refractivity contribution in [3.8, 4) is 0 Å². The van der Waals surface area contributed by atoms with Crippen LogP contribution in [-0.4, -0.2) is 47.9 Å². The number of quaternary nitrogens is 1. The standard InChI is InChI=1S/C23H24ClFN2O3/c1-3-26(4-2)12-13-27-20(16-6-5-7-17(24)14-16)19(22(29)23(27)30)21(28)15-8-10-18(25)11-9-15/h5-11,14,20,28H,3-4,12-13H2,1-2H3/p+1/t20-/m1/s1. The average Bonchev–Trinajstić information content (AvgIpc) is 2.99. The first-order valence-corrected chi connectivity index (χ1v) is 10.4. The SMILES string of the molecule is CC[NH+](CC)CCN1C(=O)C(=O)C(=C(O)c2ccc(F)cc2)[C@H]1c1cccc(Cl)c1. The summed E-state index contributed by atoms with van der Waals surface area (Å²) in [5, 5.41) is 11.4. The van der Waals surface area contributed by atoms with Crippen LogP contribution in [0.5, 0.6) is 0 Å². The lowest BCUT2D eigenvalue weighted by Gasteiger charge is -2.27. The van der Waals surface area contributed by atoms with Crippen molar-refractivity contribution in [3.63, 3.8) is 0 Å². The fourth-order valence-corrected chi connectivity index (χ4v) is 3.98. The molecule has 2 aromatic rings. The summed E-state index contributed by atoms with van der Waals surface area (Å²) in [6.07, 6.45) is 0. The third kappa shape index (κ3) is 4.40. The van der Waals surface area contributed by atoms with Gasteiger partial charge in [0.2, 0.25) is 0 Å². The van der Waals surface area contributed by atoms with E-state index in [0.717, 1.165) is 13.1 Å². The summed E-state index contributed by atoms with van der Waals surface area (Å²) in [4.78, 5) is 28.6. The fraction of sp³-hybridized carbons (Fsp3) is 0.304. The zero-order valence-corrected chi connectivity index (χ0v) is 17.7. The summed E-state index contributed by atoms with van der Waals surface area (Å²) >= 11 is 6.17. The van der Waals surface area contributed by atoms with E-state index in [9.17, 15) is 19.1 Å². The maximum Gasteiger partial charge on any atom is 0.295 e. The Labute approximate surface area is 180 Å². The van der Waals surface area contributed by atoms with E-state index in [0.29, 0.717) is 23.7 Å². The molecule has 0 spiro atoms. The summed E-state index contributed by atoms with van der Waals surface area (Å²) in [5.74, 6) is -2.19. The molecule has 3 rings (SSSR count).